The van der Waals surface area contributed by atoms with E-state index in [0.717, 1.165) is 17.4 Å². The minimum atomic E-state index is -0.827. The summed E-state index contributed by atoms with van der Waals surface area (Å²) in [5.41, 5.74) is 0.374. The summed E-state index contributed by atoms with van der Waals surface area (Å²) >= 11 is 3.42. The Labute approximate surface area is 111 Å². The lowest BCUT2D eigenvalue weighted by Crippen LogP contribution is -2.48. The molecule has 0 aliphatic rings. The number of hydrogen-bond acceptors (Lipinski definition) is 2. The number of benzene rings is 1. The van der Waals surface area contributed by atoms with Crippen molar-refractivity contribution in [1.29, 1.82) is 0 Å². The Morgan fingerprint density at radius 3 is 2.65 bits per heavy atom. The van der Waals surface area contributed by atoms with Crippen LogP contribution in [-0.4, -0.2) is 35.1 Å². The average molecular weight is 300 g/mol. The number of hydrogen-bond donors (Lipinski definition) is 1. The summed E-state index contributed by atoms with van der Waals surface area (Å²) in [6, 6.07) is 8.07. The number of likely N-dealkylation sites (N-methyl/N-ethyl adjacent to an activating group) is 1. The topological polar surface area (TPSA) is 40.5 Å². The third-order valence-electron chi connectivity index (χ3n) is 3.10. The van der Waals surface area contributed by atoms with Gasteiger partial charge in [0, 0.05) is 11.0 Å². The number of halogens is 1. The monoisotopic (exact) mass is 299 g/mol. The minimum Gasteiger partial charge on any atom is -0.480 e. The predicted molar refractivity (Wildman–Crippen MR) is 72.2 cm³/mol. The number of aliphatic carboxylic acids is 1. The van der Waals surface area contributed by atoms with E-state index in [1.54, 1.807) is 13.8 Å². The Morgan fingerprint density at radius 1 is 1.47 bits per heavy atom. The second kappa shape index (κ2) is 5.65. The molecule has 0 radical (unpaired) electrons. The van der Waals surface area contributed by atoms with Crippen LogP contribution in [0.5, 0.6) is 0 Å². The van der Waals surface area contributed by atoms with E-state index in [1.807, 2.05) is 30.1 Å². The van der Waals surface area contributed by atoms with Crippen LogP contribution >= 0.6 is 15.9 Å². The van der Waals surface area contributed by atoms with Crippen LogP contribution in [0.25, 0.3) is 0 Å². The highest BCUT2D eigenvalue weighted by atomic mass is 79.9. The number of carboxylic acids is 1. The van der Waals surface area contributed by atoms with Gasteiger partial charge in [-0.3, -0.25) is 9.69 Å². The molecule has 1 aromatic rings. The van der Waals surface area contributed by atoms with Gasteiger partial charge in [0.05, 0.1) is 0 Å². The summed E-state index contributed by atoms with van der Waals surface area (Å²) in [6.07, 6.45) is 0.840. The summed E-state index contributed by atoms with van der Waals surface area (Å²) in [5.74, 6) is -0.797. The molecule has 17 heavy (non-hydrogen) atoms. The maximum atomic E-state index is 11.1. The molecule has 1 rings (SSSR count). The van der Waals surface area contributed by atoms with Crippen LogP contribution in [0.15, 0.2) is 28.7 Å². The maximum absolute atomic E-state index is 11.1. The standard InChI is InChI=1S/C13H18BrNO2/c1-13(2,12(16)17)15(3)8-7-10-5-4-6-11(14)9-10/h4-6,9H,7-8H2,1-3H3,(H,16,17). The molecule has 0 aromatic heterocycles. The van der Waals surface area contributed by atoms with Crippen molar-refractivity contribution >= 4 is 21.9 Å². The third kappa shape index (κ3) is 3.82. The van der Waals surface area contributed by atoms with Crippen molar-refractivity contribution in [2.75, 3.05) is 13.6 Å². The van der Waals surface area contributed by atoms with Gasteiger partial charge < -0.3 is 5.11 Å². The van der Waals surface area contributed by atoms with Crippen molar-refractivity contribution in [2.45, 2.75) is 25.8 Å². The molecular formula is C13H18BrNO2. The molecule has 3 nitrogen and oxygen atoms in total. The van der Waals surface area contributed by atoms with Crippen molar-refractivity contribution in [3.63, 3.8) is 0 Å². The molecule has 0 bridgehead atoms. The molecule has 1 N–H and O–H groups in total. The lowest BCUT2D eigenvalue weighted by atomic mass is 10.0. The number of carbonyl (C=O) groups is 1. The van der Waals surface area contributed by atoms with E-state index >= 15 is 0 Å². The zero-order chi connectivity index (χ0) is 13.1. The average Bonchev–Trinajstić information content (AvgIpc) is 2.25. The van der Waals surface area contributed by atoms with Crippen LogP contribution in [0, 0.1) is 0 Å². The summed E-state index contributed by atoms with van der Waals surface area (Å²) < 4.78 is 1.05. The van der Waals surface area contributed by atoms with Crippen molar-refractivity contribution < 1.29 is 9.90 Å². The molecule has 0 fully saturated rings. The first kappa shape index (κ1) is 14.2. The molecule has 0 aliphatic carbocycles. The van der Waals surface area contributed by atoms with E-state index in [4.69, 9.17) is 5.11 Å². The van der Waals surface area contributed by atoms with Crippen LogP contribution in [0.2, 0.25) is 0 Å². The predicted octanol–water partition coefficient (Wildman–Crippen LogP) is 2.79. The van der Waals surface area contributed by atoms with Gasteiger partial charge in [0.25, 0.3) is 0 Å². The summed E-state index contributed by atoms with van der Waals surface area (Å²) in [6.45, 7) is 4.15. The van der Waals surface area contributed by atoms with Crippen LogP contribution in [0.4, 0.5) is 0 Å². The van der Waals surface area contributed by atoms with Gasteiger partial charge in [0.1, 0.15) is 5.54 Å². The molecule has 0 unspecified atom stereocenters. The SMILES string of the molecule is CN(CCc1cccc(Br)c1)C(C)(C)C(=O)O. The molecule has 94 valence electrons. The van der Waals surface area contributed by atoms with Gasteiger partial charge in [-0.05, 0) is 45.0 Å². The molecular weight excluding hydrogens is 282 g/mol. The van der Waals surface area contributed by atoms with Gasteiger partial charge >= 0.3 is 5.97 Å². The summed E-state index contributed by atoms with van der Waals surface area (Å²) in [4.78, 5) is 12.9. The van der Waals surface area contributed by atoms with Crippen molar-refractivity contribution in [1.82, 2.24) is 4.90 Å². The van der Waals surface area contributed by atoms with Crippen molar-refractivity contribution in [3.8, 4) is 0 Å². The van der Waals surface area contributed by atoms with E-state index in [-0.39, 0.29) is 0 Å². The van der Waals surface area contributed by atoms with E-state index < -0.39 is 11.5 Å². The summed E-state index contributed by atoms with van der Waals surface area (Å²) in [7, 11) is 1.84. The first-order chi connectivity index (χ1) is 7.84. The highest BCUT2D eigenvalue weighted by Gasteiger charge is 2.31. The van der Waals surface area contributed by atoms with Gasteiger partial charge in [-0.15, -0.1) is 0 Å². The highest BCUT2D eigenvalue weighted by molar-refractivity contribution is 9.10. The molecule has 0 heterocycles. The molecule has 0 aliphatic heterocycles. The minimum absolute atomic E-state index is 0.718. The Balaban J connectivity index is 2.60. The van der Waals surface area contributed by atoms with Gasteiger partial charge in [-0.2, -0.15) is 0 Å². The second-order valence-corrected chi connectivity index (χ2v) is 5.58. The fourth-order valence-electron chi connectivity index (χ4n) is 1.43. The molecule has 0 saturated carbocycles. The molecule has 0 spiro atoms. The zero-order valence-corrected chi connectivity index (χ0v) is 12.0. The first-order valence-corrected chi connectivity index (χ1v) is 6.32. The van der Waals surface area contributed by atoms with Gasteiger partial charge in [0.2, 0.25) is 0 Å². The van der Waals surface area contributed by atoms with E-state index in [9.17, 15) is 4.79 Å². The Kier molecular flexibility index (Phi) is 4.71. The quantitative estimate of drug-likeness (QED) is 0.909. The van der Waals surface area contributed by atoms with Crippen LogP contribution in [-0.2, 0) is 11.2 Å². The molecule has 1 aromatic carbocycles. The number of nitrogens with zero attached hydrogens (tertiary/aromatic N) is 1. The normalized spacial score (nSPS) is 11.8. The van der Waals surface area contributed by atoms with Crippen LogP contribution in [0.1, 0.15) is 19.4 Å². The molecule has 0 saturated heterocycles. The lowest BCUT2D eigenvalue weighted by Gasteiger charge is -2.31. The van der Waals surface area contributed by atoms with Crippen molar-refractivity contribution in [3.05, 3.63) is 34.3 Å². The van der Waals surface area contributed by atoms with Gasteiger partial charge in [-0.1, -0.05) is 28.1 Å². The Hall–Kier alpha value is -0.870. The second-order valence-electron chi connectivity index (χ2n) is 4.67. The highest BCUT2D eigenvalue weighted by Crippen LogP contribution is 2.15. The van der Waals surface area contributed by atoms with Crippen LogP contribution in [0.3, 0.4) is 0 Å². The van der Waals surface area contributed by atoms with Crippen LogP contribution < -0.4 is 0 Å². The summed E-state index contributed by atoms with van der Waals surface area (Å²) in [5, 5.41) is 9.10. The molecule has 4 heteroatoms. The Bertz CT molecular complexity index is 404. The molecule has 0 amide bonds. The fourth-order valence-corrected chi connectivity index (χ4v) is 1.88. The number of rotatable bonds is 5. The van der Waals surface area contributed by atoms with Crippen molar-refractivity contribution in [2.24, 2.45) is 0 Å². The number of carboxylic acid groups (broad SMARTS) is 1. The maximum Gasteiger partial charge on any atom is 0.323 e. The van der Waals surface area contributed by atoms with E-state index in [1.165, 1.54) is 5.56 Å². The molecule has 0 atom stereocenters. The van der Waals surface area contributed by atoms with Gasteiger partial charge in [0.15, 0.2) is 0 Å². The van der Waals surface area contributed by atoms with E-state index in [0.29, 0.717) is 0 Å². The Morgan fingerprint density at radius 2 is 2.12 bits per heavy atom. The first-order valence-electron chi connectivity index (χ1n) is 5.53. The van der Waals surface area contributed by atoms with E-state index in [2.05, 4.69) is 22.0 Å². The van der Waals surface area contributed by atoms with Gasteiger partial charge in [-0.25, -0.2) is 0 Å². The lowest BCUT2D eigenvalue weighted by molar-refractivity contribution is -0.148. The third-order valence-corrected chi connectivity index (χ3v) is 3.60. The zero-order valence-electron chi connectivity index (χ0n) is 10.4. The smallest absolute Gasteiger partial charge is 0.323 e. The fraction of sp³-hybridized carbons (Fsp3) is 0.462. The largest absolute Gasteiger partial charge is 0.480 e.